The van der Waals surface area contributed by atoms with Gasteiger partial charge >= 0.3 is 0 Å². The van der Waals surface area contributed by atoms with E-state index in [1.165, 1.54) is 37.5 Å². The minimum absolute atomic E-state index is 0.150. The van der Waals surface area contributed by atoms with Crippen molar-refractivity contribution < 1.29 is 19.2 Å². The zero-order chi connectivity index (χ0) is 22.8. The molecular weight excluding hydrogens is 407 g/mol. The van der Waals surface area contributed by atoms with E-state index in [1.807, 2.05) is 24.3 Å². The van der Waals surface area contributed by atoms with E-state index < -0.39 is 5.91 Å². The minimum Gasteiger partial charge on any atom is -0.349 e. The molecule has 0 heterocycles. The Labute approximate surface area is 188 Å². The Balaban J connectivity index is 1.82. The molecule has 2 amide bonds. The number of nitrogens with one attached hydrogen (secondary N) is 2. The fourth-order valence-corrected chi connectivity index (χ4v) is 3.85. The Morgan fingerprint density at radius 2 is 1.47 bits per heavy atom. The Kier molecular flexibility index (Phi) is 8.75. The summed E-state index contributed by atoms with van der Waals surface area (Å²) < 4.78 is 13.5. The lowest BCUT2D eigenvalue weighted by atomic mass is 9.95. The number of halogens is 1. The van der Waals surface area contributed by atoms with Crippen LogP contribution < -0.4 is 10.8 Å². The average Bonchev–Trinajstić information content (AvgIpc) is 2.79. The zero-order valence-corrected chi connectivity index (χ0v) is 18.0. The summed E-state index contributed by atoms with van der Waals surface area (Å²) in [5, 5.41) is 11.8. The van der Waals surface area contributed by atoms with Gasteiger partial charge in [-0.2, -0.15) is 0 Å². The zero-order valence-electron chi connectivity index (χ0n) is 18.0. The number of benzene rings is 2. The highest BCUT2D eigenvalue weighted by Crippen LogP contribution is 2.22. The fourth-order valence-electron chi connectivity index (χ4n) is 3.85. The van der Waals surface area contributed by atoms with Crippen LogP contribution in [-0.2, 0) is 9.59 Å². The molecule has 2 aromatic rings. The maximum atomic E-state index is 13.5. The first-order valence-electron chi connectivity index (χ1n) is 11.1. The van der Waals surface area contributed by atoms with E-state index in [0.717, 1.165) is 36.8 Å². The molecule has 32 heavy (non-hydrogen) atoms. The first-order valence-corrected chi connectivity index (χ1v) is 11.1. The standard InChI is InChI=1S/C26H29FN2O3/c27-22-15-13-21(14-16-22)24(26(31)28-23-6-4-2-1-3-5-7-23)18-20-10-8-19(9-11-20)12-17-25(30)29-32/h8-18,23,32H,1-7H2,(H,28,31)(H,29,30)/b17-12+,24-18+. The topological polar surface area (TPSA) is 78.4 Å². The van der Waals surface area contributed by atoms with Crippen molar-refractivity contribution in [1.82, 2.24) is 10.8 Å². The van der Waals surface area contributed by atoms with Crippen molar-refractivity contribution in [3.63, 3.8) is 0 Å². The molecule has 1 saturated carbocycles. The monoisotopic (exact) mass is 436 g/mol. The molecule has 6 heteroatoms. The van der Waals surface area contributed by atoms with E-state index in [-0.39, 0.29) is 17.8 Å². The number of hydroxylamine groups is 1. The predicted molar refractivity (Wildman–Crippen MR) is 124 cm³/mol. The van der Waals surface area contributed by atoms with Crippen molar-refractivity contribution >= 4 is 29.5 Å². The van der Waals surface area contributed by atoms with E-state index >= 15 is 0 Å². The highest BCUT2D eigenvalue weighted by atomic mass is 19.1. The highest BCUT2D eigenvalue weighted by molar-refractivity contribution is 6.24. The van der Waals surface area contributed by atoms with Gasteiger partial charge in [0, 0.05) is 17.7 Å². The second-order valence-corrected chi connectivity index (χ2v) is 8.06. The lowest BCUT2D eigenvalue weighted by molar-refractivity contribution is -0.124. The van der Waals surface area contributed by atoms with Gasteiger partial charge in [-0.05, 0) is 53.8 Å². The van der Waals surface area contributed by atoms with E-state index in [1.54, 1.807) is 29.8 Å². The van der Waals surface area contributed by atoms with Crippen molar-refractivity contribution in [3.05, 3.63) is 77.1 Å². The maximum Gasteiger partial charge on any atom is 0.267 e. The van der Waals surface area contributed by atoms with Crippen LogP contribution in [0.1, 0.15) is 61.6 Å². The third-order valence-electron chi connectivity index (χ3n) is 5.63. The molecule has 5 nitrogen and oxygen atoms in total. The molecule has 3 rings (SSSR count). The maximum absolute atomic E-state index is 13.5. The molecule has 2 aromatic carbocycles. The SMILES string of the molecule is O=C(/C=C/c1ccc(/C=C(/C(=O)NC2CCCCCCC2)c2ccc(F)cc2)cc1)NO. The van der Waals surface area contributed by atoms with Gasteiger partial charge in [-0.1, -0.05) is 68.5 Å². The molecule has 0 bridgehead atoms. The van der Waals surface area contributed by atoms with Crippen molar-refractivity contribution in [2.45, 2.75) is 51.0 Å². The van der Waals surface area contributed by atoms with Crippen molar-refractivity contribution in [2.24, 2.45) is 0 Å². The van der Waals surface area contributed by atoms with E-state index in [2.05, 4.69) is 5.32 Å². The molecular formula is C26H29FN2O3. The van der Waals surface area contributed by atoms with Gasteiger partial charge in [-0.3, -0.25) is 14.8 Å². The summed E-state index contributed by atoms with van der Waals surface area (Å²) >= 11 is 0. The number of rotatable bonds is 6. The average molecular weight is 437 g/mol. The number of amides is 2. The van der Waals surface area contributed by atoms with Gasteiger partial charge in [0.05, 0.1) is 0 Å². The third-order valence-corrected chi connectivity index (χ3v) is 5.63. The van der Waals surface area contributed by atoms with Gasteiger partial charge in [-0.25, -0.2) is 9.87 Å². The van der Waals surface area contributed by atoms with Crippen LogP contribution in [0.5, 0.6) is 0 Å². The first kappa shape index (κ1) is 23.4. The molecule has 0 saturated heterocycles. The molecule has 0 spiro atoms. The van der Waals surface area contributed by atoms with E-state index in [9.17, 15) is 14.0 Å². The summed E-state index contributed by atoms with van der Waals surface area (Å²) in [5.74, 6) is -1.12. The molecule has 3 N–H and O–H groups in total. The summed E-state index contributed by atoms with van der Waals surface area (Å²) in [7, 11) is 0. The largest absolute Gasteiger partial charge is 0.349 e. The number of hydrogen-bond acceptors (Lipinski definition) is 3. The van der Waals surface area contributed by atoms with Gasteiger partial charge in [0.25, 0.3) is 11.8 Å². The lowest BCUT2D eigenvalue weighted by Crippen LogP contribution is -2.35. The second-order valence-electron chi connectivity index (χ2n) is 8.06. The highest BCUT2D eigenvalue weighted by Gasteiger charge is 2.18. The first-order chi connectivity index (χ1) is 15.5. The van der Waals surface area contributed by atoms with Gasteiger partial charge in [0.15, 0.2) is 0 Å². The molecule has 0 atom stereocenters. The van der Waals surface area contributed by atoms with Crippen LogP contribution in [0.2, 0.25) is 0 Å². The van der Waals surface area contributed by atoms with Crippen molar-refractivity contribution in [2.75, 3.05) is 0 Å². The van der Waals surface area contributed by atoms with Crippen molar-refractivity contribution in [3.8, 4) is 0 Å². The fraction of sp³-hybridized carbons (Fsp3) is 0.308. The van der Waals surface area contributed by atoms with Crippen LogP contribution in [0.3, 0.4) is 0 Å². The Bertz CT molecular complexity index is 958. The molecule has 1 fully saturated rings. The second kappa shape index (κ2) is 12.0. The smallest absolute Gasteiger partial charge is 0.267 e. The van der Waals surface area contributed by atoms with Crippen LogP contribution in [0.15, 0.2) is 54.6 Å². The number of carbonyl (C=O) groups excluding carboxylic acids is 2. The van der Waals surface area contributed by atoms with E-state index in [0.29, 0.717) is 11.1 Å². The van der Waals surface area contributed by atoms with Crippen molar-refractivity contribution in [1.29, 1.82) is 0 Å². The number of carbonyl (C=O) groups is 2. The molecule has 0 radical (unpaired) electrons. The Morgan fingerprint density at radius 3 is 2.09 bits per heavy atom. The van der Waals surface area contributed by atoms with Crippen LogP contribution in [0.4, 0.5) is 4.39 Å². The molecule has 168 valence electrons. The van der Waals surface area contributed by atoms with Crippen LogP contribution in [-0.4, -0.2) is 23.1 Å². The van der Waals surface area contributed by atoms with Crippen LogP contribution in [0.25, 0.3) is 17.7 Å². The minimum atomic E-state index is -0.613. The normalized spacial score (nSPS) is 15.8. The van der Waals surface area contributed by atoms with Gasteiger partial charge < -0.3 is 5.32 Å². The number of hydrogen-bond donors (Lipinski definition) is 3. The Hall–Kier alpha value is -3.25. The van der Waals surface area contributed by atoms with Gasteiger partial charge in [-0.15, -0.1) is 0 Å². The van der Waals surface area contributed by atoms with Gasteiger partial charge in [0.1, 0.15) is 5.82 Å². The summed E-state index contributed by atoms with van der Waals surface area (Å²) in [6.45, 7) is 0. The predicted octanol–water partition coefficient (Wildman–Crippen LogP) is 5.11. The molecule has 0 unspecified atom stereocenters. The Morgan fingerprint density at radius 1 is 0.875 bits per heavy atom. The molecule has 1 aliphatic carbocycles. The summed E-state index contributed by atoms with van der Waals surface area (Å²) in [5.41, 5.74) is 4.25. The molecule has 1 aliphatic rings. The van der Waals surface area contributed by atoms with Crippen LogP contribution >= 0.6 is 0 Å². The quantitative estimate of drug-likeness (QED) is 0.255. The summed E-state index contributed by atoms with van der Waals surface area (Å²) in [6.07, 6.45) is 12.4. The van der Waals surface area contributed by atoms with Crippen LogP contribution in [0, 0.1) is 5.82 Å². The third kappa shape index (κ3) is 7.17. The molecule has 0 aromatic heterocycles. The molecule has 0 aliphatic heterocycles. The lowest BCUT2D eigenvalue weighted by Gasteiger charge is -2.22. The summed E-state index contributed by atoms with van der Waals surface area (Å²) in [6, 6.07) is 13.4. The van der Waals surface area contributed by atoms with E-state index in [4.69, 9.17) is 5.21 Å². The summed E-state index contributed by atoms with van der Waals surface area (Å²) in [4.78, 5) is 24.4. The van der Waals surface area contributed by atoms with Gasteiger partial charge in [0.2, 0.25) is 0 Å².